The molecule has 0 aliphatic carbocycles. The van der Waals surface area contributed by atoms with E-state index in [-0.39, 0.29) is 40.1 Å². The maximum absolute atomic E-state index is 12.7. The molecular weight excluding hydrogens is 376 g/mol. The average Bonchev–Trinajstić information content (AvgIpc) is 2.75. The molecule has 150 valence electrons. The molecule has 13 nitrogen and oxygen atoms in total. The van der Waals surface area contributed by atoms with Crippen LogP contribution in [0.1, 0.15) is 15.9 Å². The lowest BCUT2D eigenvalue weighted by molar-refractivity contribution is 0.103. The van der Waals surface area contributed by atoms with E-state index >= 15 is 0 Å². The van der Waals surface area contributed by atoms with Gasteiger partial charge in [0.25, 0.3) is 0 Å². The molecule has 0 radical (unpaired) electrons. The van der Waals surface area contributed by atoms with E-state index in [1.807, 2.05) is 0 Å². The molecule has 0 fully saturated rings. The van der Waals surface area contributed by atoms with Crippen molar-refractivity contribution in [2.45, 2.75) is 0 Å². The van der Waals surface area contributed by atoms with Crippen LogP contribution in [0, 0.1) is 0 Å². The van der Waals surface area contributed by atoms with Crippen molar-refractivity contribution in [1.29, 1.82) is 0 Å². The number of ketones is 1. The van der Waals surface area contributed by atoms with Crippen molar-refractivity contribution in [2.75, 3.05) is 0 Å². The van der Waals surface area contributed by atoms with Gasteiger partial charge < -0.3 is 29.0 Å². The maximum Gasteiger partial charge on any atom is 0.195 e. The highest BCUT2D eigenvalue weighted by Gasteiger charge is 2.20. The number of hydrogen-bond donors (Lipinski definition) is 6. The van der Waals surface area contributed by atoms with E-state index in [0.29, 0.717) is 5.56 Å². The van der Waals surface area contributed by atoms with Crippen LogP contribution < -0.4 is 64.4 Å². The minimum Gasteiger partial charge on any atom is -0.411 e. The minimum absolute atomic E-state index is 0.0569. The molecule has 28 heavy (non-hydrogen) atoms. The standard InChI is InChI=1S/C15H18N6O7/c16-23-8-4-13(27-20)15(14(5-8)28-21)9(22)2-1-7-3-11(25-18)12(26-19)6-10(7)24-17/h1-6H,16-21H2/b2-1+. The Morgan fingerprint density at radius 2 is 1.14 bits per heavy atom. The van der Waals surface area contributed by atoms with Crippen LogP contribution in [-0.2, 0) is 0 Å². The summed E-state index contributed by atoms with van der Waals surface area (Å²) >= 11 is 0. The Kier molecular flexibility index (Phi) is 6.94. The van der Waals surface area contributed by atoms with E-state index in [1.165, 1.54) is 30.3 Å². The van der Waals surface area contributed by atoms with Crippen molar-refractivity contribution in [3.05, 3.63) is 41.5 Å². The Hall–Kier alpha value is -3.59. The van der Waals surface area contributed by atoms with E-state index in [0.717, 1.165) is 6.08 Å². The van der Waals surface area contributed by atoms with Gasteiger partial charge in [0.2, 0.25) is 0 Å². The number of hydrogen-bond acceptors (Lipinski definition) is 13. The van der Waals surface area contributed by atoms with Crippen molar-refractivity contribution in [3.63, 3.8) is 0 Å². The third-order valence-corrected chi connectivity index (χ3v) is 3.55. The van der Waals surface area contributed by atoms with Crippen LogP contribution in [0.4, 0.5) is 0 Å². The summed E-state index contributed by atoms with van der Waals surface area (Å²) in [7, 11) is 0. The Morgan fingerprint density at radius 3 is 1.61 bits per heavy atom. The molecule has 0 saturated carbocycles. The average molecular weight is 394 g/mol. The van der Waals surface area contributed by atoms with Gasteiger partial charge in [0.15, 0.2) is 40.3 Å². The van der Waals surface area contributed by atoms with Crippen molar-refractivity contribution < 1.29 is 33.8 Å². The smallest absolute Gasteiger partial charge is 0.195 e. The fraction of sp³-hybridized carbons (Fsp3) is 0. The fourth-order valence-corrected chi connectivity index (χ4v) is 2.28. The second-order valence-electron chi connectivity index (χ2n) is 5.04. The minimum atomic E-state index is -0.596. The lowest BCUT2D eigenvalue weighted by Gasteiger charge is -2.12. The predicted molar refractivity (Wildman–Crippen MR) is 95.1 cm³/mol. The van der Waals surface area contributed by atoms with E-state index in [4.69, 9.17) is 40.2 Å². The summed E-state index contributed by atoms with van der Waals surface area (Å²) < 4.78 is 0. The van der Waals surface area contributed by atoms with Gasteiger partial charge in [-0.3, -0.25) is 4.79 Å². The van der Waals surface area contributed by atoms with Gasteiger partial charge >= 0.3 is 0 Å². The van der Waals surface area contributed by atoms with Gasteiger partial charge in [-0.25, -0.2) is 0 Å². The van der Waals surface area contributed by atoms with Crippen molar-refractivity contribution in [3.8, 4) is 34.5 Å². The van der Waals surface area contributed by atoms with Gasteiger partial charge in [-0.05, 0) is 18.2 Å². The summed E-state index contributed by atoms with van der Waals surface area (Å²) in [6.07, 6.45) is 2.49. The molecule has 2 aromatic rings. The molecule has 0 aliphatic heterocycles. The third kappa shape index (κ3) is 4.21. The topological polar surface area (TPSA) is 229 Å². The highest BCUT2D eigenvalue weighted by molar-refractivity contribution is 6.10. The molecule has 0 atom stereocenters. The largest absolute Gasteiger partial charge is 0.411 e. The summed E-state index contributed by atoms with van der Waals surface area (Å²) in [4.78, 5) is 40.5. The second kappa shape index (κ2) is 9.38. The van der Waals surface area contributed by atoms with Gasteiger partial charge in [-0.1, -0.05) is 0 Å². The van der Waals surface area contributed by atoms with Gasteiger partial charge in [-0.2, -0.15) is 35.4 Å². The molecule has 0 aromatic heterocycles. The molecular formula is C15H18N6O7. The Bertz CT molecular complexity index is 864. The zero-order valence-electron chi connectivity index (χ0n) is 14.3. The molecule has 0 bridgehead atoms. The van der Waals surface area contributed by atoms with Gasteiger partial charge in [0.05, 0.1) is 0 Å². The van der Waals surface area contributed by atoms with Crippen LogP contribution in [0.25, 0.3) is 6.08 Å². The lowest BCUT2D eigenvalue weighted by Crippen LogP contribution is -2.13. The first-order valence-electron chi connectivity index (χ1n) is 7.31. The Labute approximate surface area is 158 Å². The van der Waals surface area contributed by atoms with Crippen molar-refractivity contribution in [1.82, 2.24) is 0 Å². The first-order chi connectivity index (χ1) is 13.5. The van der Waals surface area contributed by atoms with Crippen LogP contribution in [0.2, 0.25) is 0 Å². The maximum atomic E-state index is 12.7. The van der Waals surface area contributed by atoms with Crippen LogP contribution in [-0.4, -0.2) is 5.78 Å². The number of benzene rings is 2. The first kappa shape index (κ1) is 20.7. The zero-order chi connectivity index (χ0) is 20.7. The predicted octanol–water partition coefficient (Wildman–Crippen LogP) is -0.902. The molecule has 0 heterocycles. The molecule has 0 amide bonds. The molecule has 0 aliphatic rings. The Morgan fingerprint density at radius 1 is 0.643 bits per heavy atom. The van der Waals surface area contributed by atoms with E-state index in [9.17, 15) is 4.79 Å². The number of rotatable bonds is 9. The molecule has 12 N–H and O–H groups in total. The molecule has 0 unspecified atom stereocenters. The normalized spacial score (nSPS) is 10.5. The number of carbonyl (C=O) groups is 1. The van der Waals surface area contributed by atoms with Gasteiger partial charge in [-0.15, -0.1) is 0 Å². The monoisotopic (exact) mass is 394 g/mol. The lowest BCUT2D eigenvalue weighted by atomic mass is 10.1. The highest BCUT2D eigenvalue weighted by atomic mass is 16.7. The SMILES string of the molecule is NOc1cc(ON)c(C(=O)/C=C/c2cc(ON)c(ON)cc2ON)c(ON)c1. The summed E-state index contributed by atoms with van der Waals surface area (Å²) in [6.45, 7) is 0. The molecule has 2 rings (SSSR count). The summed E-state index contributed by atoms with van der Waals surface area (Å²) in [6, 6.07) is 5.22. The number of carbonyl (C=O) groups excluding carboxylic acids is 1. The third-order valence-electron chi connectivity index (χ3n) is 3.55. The van der Waals surface area contributed by atoms with Crippen LogP contribution in [0.15, 0.2) is 30.3 Å². The van der Waals surface area contributed by atoms with E-state index in [1.54, 1.807) is 0 Å². The van der Waals surface area contributed by atoms with E-state index < -0.39 is 5.78 Å². The highest BCUT2D eigenvalue weighted by Crippen LogP contribution is 2.36. The second-order valence-corrected chi connectivity index (χ2v) is 5.04. The Balaban J connectivity index is 2.47. The molecule has 0 spiro atoms. The van der Waals surface area contributed by atoms with Gasteiger partial charge in [0, 0.05) is 23.8 Å². The number of nitrogens with two attached hydrogens (primary N) is 6. The first-order valence-corrected chi connectivity index (χ1v) is 7.31. The van der Waals surface area contributed by atoms with Gasteiger partial charge in [0.1, 0.15) is 5.56 Å². The van der Waals surface area contributed by atoms with Crippen molar-refractivity contribution >= 4 is 11.9 Å². The van der Waals surface area contributed by atoms with Crippen LogP contribution in [0.3, 0.4) is 0 Å². The molecule has 2 aromatic carbocycles. The quantitative estimate of drug-likeness (QED) is 0.172. The van der Waals surface area contributed by atoms with E-state index in [2.05, 4.69) is 24.2 Å². The molecule has 13 heteroatoms. The zero-order valence-corrected chi connectivity index (χ0v) is 14.3. The summed E-state index contributed by atoms with van der Waals surface area (Å²) in [5, 5.41) is 0. The summed E-state index contributed by atoms with van der Waals surface area (Å²) in [5.74, 6) is 30.5. The molecule has 0 saturated heterocycles. The number of allylic oxidation sites excluding steroid dienone is 1. The van der Waals surface area contributed by atoms with Crippen LogP contribution >= 0.6 is 0 Å². The van der Waals surface area contributed by atoms with Crippen LogP contribution in [0.5, 0.6) is 34.5 Å². The fourth-order valence-electron chi connectivity index (χ4n) is 2.28. The van der Waals surface area contributed by atoms with Crippen molar-refractivity contribution in [2.24, 2.45) is 35.4 Å². The summed E-state index contributed by atoms with van der Waals surface area (Å²) in [5.41, 5.74) is 0.221.